The summed E-state index contributed by atoms with van der Waals surface area (Å²) in [4.78, 5) is 11.5. The number of rotatable bonds is 6. The molecule has 100 valence electrons. The van der Waals surface area contributed by atoms with Crippen LogP contribution in [0.25, 0.3) is 0 Å². The standard InChI is InChI=1S/C12H16O6/c1-7(13)10-8(14)5-9(16-3)11(12(10)17-4)18-6-15-2/h5,14H,6H2,1-4H3. The smallest absolute Gasteiger partial charge is 0.207 e. The number of phenols is 1. The summed E-state index contributed by atoms with van der Waals surface area (Å²) < 4.78 is 20.3. The molecule has 0 fully saturated rings. The molecule has 0 spiro atoms. The zero-order chi connectivity index (χ0) is 13.7. The van der Waals surface area contributed by atoms with E-state index in [1.54, 1.807) is 0 Å². The van der Waals surface area contributed by atoms with Gasteiger partial charge in [0, 0.05) is 13.2 Å². The molecule has 6 nitrogen and oxygen atoms in total. The Labute approximate surface area is 105 Å². The molecule has 6 heteroatoms. The van der Waals surface area contributed by atoms with E-state index < -0.39 is 0 Å². The van der Waals surface area contributed by atoms with Crippen LogP contribution in [0.4, 0.5) is 0 Å². The first-order chi connectivity index (χ1) is 8.56. The highest BCUT2D eigenvalue weighted by Gasteiger charge is 2.23. The topological polar surface area (TPSA) is 74.2 Å². The molecule has 18 heavy (non-hydrogen) atoms. The molecule has 0 aliphatic carbocycles. The van der Waals surface area contributed by atoms with Crippen LogP contribution in [-0.2, 0) is 4.74 Å². The highest BCUT2D eigenvalue weighted by atomic mass is 16.7. The van der Waals surface area contributed by atoms with Crippen molar-refractivity contribution in [2.45, 2.75) is 6.92 Å². The highest BCUT2D eigenvalue weighted by molar-refractivity contribution is 6.01. The van der Waals surface area contributed by atoms with Gasteiger partial charge in [-0.3, -0.25) is 4.79 Å². The molecule has 0 bridgehead atoms. The fourth-order valence-corrected chi connectivity index (χ4v) is 1.54. The minimum absolute atomic E-state index is 0.0329. The van der Waals surface area contributed by atoms with Gasteiger partial charge in [-0.2, -0.15) is 0 Å². The molecule has 0 radical (unpaired) electrons. The van der Waals surface area contributed by atoms with E-state index in [0.717, 1.165) is 0 Å². The first-order valence-electron chi connectivity index (χ1n) is 5.17. The second-order valence-electron chi connectivity index (χ2n) is 3.44. The van der Waals surface area contributed by atoms with E-state index in [-0.39, 0.29) is 41.1 Å². The first kappa shape index (κ1) is 14.1. The van der Waals surface area contributed by atoms with Gasteiger partial charge in [-0.25, -0.2) is 0 Å². The van der Waals surface area contributed by atoms with Gasteiger partial charge >= 0.3 is 0 Å². The molecule has 0 saturated carbocycles. The molecule has 0 amide bonds. The Hall–Kier alpha value is -1.95. The lowest BCUT2D eigenvalue weighted by Crippen LogP contribution is -2.06. The maximum Gasteiger partial charge on any atom is 0.207 e. The summed E-state index contributed by atoms with van der Waals surface area (Å²) in [5.74, 6) is 0.0305. The Bertz CT molecular complexity index is 441. The largest absolute Gasteiger partial charge is 0.507 e. The van der Waals surface area contributed by atoms with Crippen molar-refractivity contribution in [1.29, 1.82) is 0 Å². The number of aromatic hydroxyl groups is 1. The minimum atomic E-state index is -0.339. The van der Waals surface area contributed by atoms with Crippen LogP contribution >= 0.6 is 0 Å². The van der Waals surface area contributed by atoms with Crippen molar-refractivity contribution in [2.24, 2.45) is 0 Å². The van der Waals surface area contributed by atoms with E-state index in [1.807, 2.05) is 0 Å². The van der Waals surface area contributed by atoms with Crippen LogP contribution in [0.2, 0.25) is 0 Å². The zero-order valence-electron chi connectivity index (χ0n) is 10.8. The van der Waals surface area contributed by atoms with Crippen molar-refractivity contribution in [2.75, 3.05) is 28.1 Å². The fraction of sp³-hybridized carbons (Fsp3) is 0.417. The van der Waals surface area contributed by atoms with Gasteiger partial charge in [-0.05, 0) is 6.92 Å². The SMILES string of the molecule is COCOc1c(OC)cc(O)c(C(C)=O)c1OC. The average molecular weight is 256 g/mol. The normalized spacial score (nSPS) is 10.0. The third-order valence-electron chi connectivity index (χ3n) is 2.28. The molecule has 0 heterocycles. The van der Waals surface area contributed by atoms with Crippen molar-refractivity contribution in [1.82, 2.24) is 0 Å². The lowest BCUT2D eigenvalue weighted by molar-refractivity contribution is 0.0468. The number of benzene rings is 1. The molecule has 0 unspecified atom stereocenters. The van der Waals surface area contributed by atoms with E-state index in [2.05, 4.69) is 0 Å². The summed E-state index contributed by atoms with van der Waals surface area (Å²) in [7, 11) is 4.26. The molecule has 0 aromatic heterocycles. The predicted octanol–water partition coefficient (Wildman–Crippen LogP) is 1.59. The first-order valence-corrected chi connectivity index (χ1v) is 5.17. The lowest BCUT2D eigenvalue weighted by Gasteiger charge is -2.17. The maximum atomic E-state index is 11.5. The maximum absolute atomic E-state index is 11.5. The van der Waals surface area contributed by atoms with Crippen LogP contribution in [0.3, 0.4) is 0 Å². The molecule has 1 N–H and O–H groups in total. The zero-order valence-corrected chi connectivity index (χ0v) is 10.8. The van der Waals surface area contributed by atoms with Crippen molar-refractivity contribution in [3.05, 3.63) is 11.6 Å². The number of ether oxygens (including phenoxy) is 4. The van der Waals surface area contributed by atoms with Gasteiger partial charge in [-0.15, -0.1) is 0 Å². The van der Waals surface area contributed by atoms with Gasteiger partial charge < -0.3 is 24.1 Å². The number of ketones is 1. The Morgan fingerprint density at radius 3 is 2.33 bits per heavy atom. The molecule has 1 rings (SSSR count). The van der Waals surface area contributed by atoms with E-state index in [4.69, 9.17) is 18.9 Å². The molecular weight excluding hydrogens is 240 g/mol. The summed E-state index contributed by atoms with van der Waals surface area (Å²) in [6, 6.07) is 1.30. The Morgan fingerprint density at radius 2 is 1.89 bits per heavy atom. The number of carbonyl (C=O) groups excluding carboxylic acids is 1. The minimum Gasteiger partial charge on any atom is -0.507 e. The van der Waals surface area contributed by atoms with Crippen molar-refractivity contribution < 1.29 is 28.8 Å². The lowest BCUT2D eigenvalue weighted by atomic mass is 10.1. The van der Waals surface area contributed by atoms with Gasteiger partial charge in [0.25, 0.3) is 0 Å². The van der Waals surface area contributed by atoms with Gasteiger partial charge in [0.2, 0.25) is 5.75 Å². The van der Waals surface area contributed by atoms with Crippen LogP contribution in [0.15, 0.2) is 6.07 Å². The third-order valence-corrected chi connectivity index (χ3v) is 2.28. The quantitative estimate of drug-likeness (QED) is 0.615. The number of hydrogen-bond donors (Lipinski definition) is 1. The third kappa shape index (κ3) is 2.65. The van der Waals surface area contributed by atoms with Crippen LogP contribution in [0.1, 0.15) is 17.3 Å². The van der Waals surface area contributed by atoms with Gasteiger partial charge in [0.1, 0.15) is 11.3 Å². The molecule has 1 aromatic carbocycles. The molecule has 0 aliphatic heterocycles. The Morgan fingerprint density at radius 1 is 1.22 bits per heavy atom. The van der Waals surface area contributed by atoms with Crippen molar-refractivity contribution in [3.8, 4) is 23.0 Å². The molecule has 0 aliphatic rings. The van der Waals surface area contributed by atoms with Crippen molar-refractivity contribution in [3.63, 3.8) is 0 Å². The van der Waals surface area contributed by atoms with Crippen molar-refractivity contribution >= 4 is 5.78 Å². The molecular formula is C12H16O6. The Balaban J connectivity index is 3.43. The number of hydrogen-bond acceptors (Lipinski definition) is 6. The summed E-state index contributed by atoms with van der Waals surface area (Å²) in [6.07, 6.45) is 0. The number of carbonyl (C=O) groups is 1. The predicted molar refractivity (Wildman–Crippen MR) is 63.7 cm³/mol. The molecule has 0 atom stereocenters. The average Bonchev–Trinajstić information content (AvgIpc) is 2.35. The van der Waals surface area contributed by atoms with E-state index >= 15 is 0 Å². The van der Waals surface area contributed by atoms with E-state index in [9.17, 15) is 9.90 Å². The summed E-state index contributed by atoms with van der Waals surface area (Å²) in [6.45, 7) is 1.29. The Kier molecular flexibility index (Phi) is 4.79. The van der Waals surface area contributed by atoms with Gasteiger partial charge in [0.05, 0.1) is 14.2 Å². The number of methoxy groups -OCH3 is 3. The van der Waals surface area contributed by atoms with Gasteiger partial charge in [0.15, 0.2) is 24.1 Å². The van der Waals surface area contributed by atoms with Crippen LogP contribution in [0.5, 0.6) is 23.0 Å². The summed E-state index contributed by atoms with van der Waals surface area (Å²) >= 11 is 0. The number of Topliss-reactive ketones (excluding diaryl/α,β-unsaturated/α-hetero) is 1. The second kappa shape index (κ2) is 6.11. The molecule has 1 aromatic rings. The number of phenolic OH excluding ortho intramolecular Hbond substituents is 1. The fourth-order valence-electron chi connectivity index (χ4n) is 1.54. The van der Waals surface area contributed by atoms with Crippen LogP contribution in [0, 0.1) is 0 Å². The van der Waals surface area contributed by atoms with E-state index in [1.165, 1.54) is 34.3 Å². The van der Waals surface area contributed by atoms with Crippen LogP contribution < -0.4 is 14.2 Å². The monoisotopic (exact) mass is 256 g/mol. The highest BCUT2D eigenvalue weighted by Crippen LogP contribution is 2.44. The van der Waals surface area contributed by atoms with E-state index in [0.29, 0.717) is 0 Å². The van der Waals surface area contributed by atoms with Crippen LogP contribution in [-0.4, -0.2) is 39.0 Å². The summed E-state index contributed by atoms with van der Waals surface area (Å²) in [5.41, 5.74) is 0.0457. The molecule has 0 saturated heterocycles. The van der Waals surface area contributed by atoms with Gasteiger partial charge in [-0.1, -0.05) is 0 Å². The summed E-state index contributed by atoms with van der Waals surface area (Å²) in [5, 5.41) is 9.79. The second-order valence-corrected chi connectivity index (χ2v) is 3.44.